The van der Waals surface area contributed by atoms with E-state index in [0.29, 0.717) is 0 Å². The predicted molar refractivity (Wildman–Crippen MR) is 134 cm³/mol. The van der Waals surface area contributed by atoms with Crippen molar-refractivity contribution >= 4 is 67.9 Å². The Labute approximate surface area is 225 Å². The van der Waals surface area contributed by atoms with Crippen LogP contribution in [0.3, 0.4) is 0 Å². The van der Waals surface area contributed by atoms with E-state index in [4.69, 9.17) is 25.1 Å². The molecule has 3 rings (SSSR count). The molecule has 2 N–H and O–H groups in total. The minimum absolute atomic E-state index is 0. The normalized spacial score (nSPS) is 8.55. The molecule has 1 aliphatic rings. The number of isocyanates is 2. The Balaban J connectivity index is -0.0000000468. The van der Waals surface area contributed by atoms with Gasteiger partial charge in [0.2, 0.25) is 12.2 Å². The van der Waals surface area contributed by atoms with Gasteiger partial charge in [0.15, 0.2) is 0 Å². The van der Waals surface area contributed by atoms with Gasteiger partial charge in [-0.2, -0.15) is 0 Å². The molecule has 0 unspecified atom stereocenters. The van der Waals surface area contributed by atoms with Crippen LogP contribution in [0, 0.1) is 17.7 Å². The SMILES string of the molecule is C1CCOC1.C=Cc1ccccc1.Cc1ccccc1.Cl.Cl.Cl.Cl.N=C=O.N=C=O.[Ti]. The maximum Gasteiger partial charge on any atom is 0.231 e. The molecule has 0 amide bonds. The van der Waals surface area contributed by atoms with E-state index in [1.54, 1.807) is 0 Å². The molecule has 2 aromatic rings. The smallest absolute Gasteiger partial charge is 0.231 e. The Morgan fingerprint density at radius 1 is 0.806 bits per heavy atom. The molecular weight excluding hydrogens is 518 g/mol. The Morgan fingerprint density at radius 2 is 1.13 bits per heavy atom. The number of hydrogen-bond acceptors (Lipinski definition) is 5. The van der Waals surface area contributed by atoms with Crippen LogP contribution in [0.4, 0.5) is 0 Å². The minimum atomic E-state index is 0. The molecule has 1 aliphatic heterocycles. The summed E-state index contributed by atoms with van der Waals surface area (Å²) in [5.41, 5.74) is 2.50. The average Bonchev–Trinajstić information content (AvgIpc) is 3.25. The van der Waals surface area contributed by atoms with E-state index in [1.807, 2.05) is 54.6 Å². The van der Waals surface area contributed by atoms with Crippen molar-refractivity contribution in [2.75, 3.05) is 13.2 Å². The first kappa shape index (κ1) is 47.5. The molecule has 2 aromatic carbocycles. The van der Waals surface area contributed by atoms with Crippen LogP contribution in [0.25, 0.3) is 6.08 Å². The molecule has 0 bridgehead atoms. The van der Waals surface area contributed by atoms with Gasteiger partial charge in [0.25, 0.3) is 0 Å². The summed E-state index contributed by atoms with van der Waals surface area (Å²) in [6.07, 6.45) is 5.89. The molecule has 0 aliphatic carbocycles. The Hall–Kier alpha value is -1.23. The van der Waals surface area contributed by atoms with Gasteiger partial charge in [0, 0.05) is 34.9 Å². The molecule has 5 nitrogen and oxygen atoms in total. The Kier molecular flexibility index (Phi) is 65.6. The van der Waals surface area contributed by atoms with Gasteiger partial charge in [-0.3, -0.25) is 0 Å². The van der Waals surface area contributed by atoms with Crippen molar-refractivity contribution in [2.24, 2.45) is 0 Å². The fourth-order valence-electron chi connectivity index (χ4n) is 1.63. The van der Waals surface area contributed by atoms with Crippen molar-refractivity contribution in [3.63, 3.8) is 0 Å². The summed E-state index contributed by atoms with van der Waals surface area (Å²) in [4.78, 5) is 16.7. The van der Waals surface area contributed by atoms with Gasteiger partial charge >= 0.3 is 0 Å². The summed E-state index contributed by atoms with van der Waals surface area (Å²) in [5.74, 6) is 0. The van der Waals surface area contributed by atoms with E-state index in [1.165, 1.54) is 24.0 Å². The monoisotopic (exact) mass is 546 g/mol. The predicted octanol–water partition coefficient (Wildman–Crippen LogP) is 6.61. The summed E-state index contributed by atoms with van der Waals surface area (Å²) in [6.45, 7) is 7.71. The third kappa shape index (κ3) is 43.5. The molecule has 1 heterocycles. The van der Waals surface area contributed by atoms with Crippen LogP contribution in [-0.2, 0) is 36.0 Å². The zero-order valence-corrected chi connectivity index (χ0v) is 22.1. The van der Waals surface area contributed by atoms with Gasteiger partial charge in [-0.25, -0.2) is 20.4 Å². The molecule has 0 atom stereocenters. The van der Waals surface area contributed by atoms with Crippen molar-refractivity contribution in [1.29, 1.82) is 10.8 Å². The zero-order chi connectivity index (χ0) is 19.9. The van der Waals surface area contributed by atoms with Crippen molar-refractivity contribution in [2.45, 2.75) is 19.8 Å². The third-order valence-corrected chi connectivity index (χ3v) is 2.80. The van der Waals surface area contributed by atoms with E-state index in [9.17, 15) is 0 Å². The Morgan fingerprint density at radius 3 is 1.29 bits per heavy atom. The molecule has 1 fully saturated rings. The standard InChI is InChI=1S/C8H8.C7H8.C4H8O.2CHNO.4ClH.Ti/c1-2-8-6-4-3-5-7-8;1-7-5-3-2-4-6-7;1-2-4-5-3-1;2*2-1-3;;;;;/h2-7H,1H2;2-6H,1H3;1-4H2;2*2H;4*1H;. The first-order chi connectivity index (χ1) is 12.7. The van der Waals surface area contributed by atoms with Crippen LogP contribution >= 0.6 is 49.6 Å². The molecule has 0 spiro atoms. The van der Waals surface area contributed by atoms with Crippen LogP contribution < -0.4 is 0 Å². The van der Waals surface area contributed by atoms with Crippen LogP contribution in [0.1, 0.15) is 24.0 Å². The molecule has 174 valence electrons. The third-order valence-electron chi connectivity index (χ3n) is 2.80. The van der Waals surface area contributed by atoms with Crippen LogP contribution in [0.15, 0.2) is 67.2 Å². The van der Waals surface area contributed by atoms with Crippen molar-refractivity contribution in [3.8, 4) is 0 Å². The molecule has 1 saturated heterocycles. The van der Waals surface area contributed by atoms with E-state index in [2.05, 4.69) is 25.6 Å². The van der Waals surface area contributed by atoms with Gasteiger partial charge in [-0.15, -0.1) is 49.6 Å². The van der Waals surface area contributed by atoms with Gasteiger partial charge < -0.3 is 4.74 Å². The molecule has 0 saturated carbocycles. The summed E-state index contributed by atoms with van der Waals surface area (Å²) in [7, 11) is 0. The number of hydrogen-bond donors (Lipinski definition) is 2. The first-order valence-corrected chi connectivity index (χ1v) is 8.00. The second-order valence-electron chi connectivity index (χ2n) is 4.79. The van der Waals surface area contributed by atoms with Crippen molar-refractivity contribution in [3.05, 3.63) is 78.4 Å². The summed E-state index contributed by atoms with van der Waals surface area (Å²) >= 11 is 0. The molecular formula is C21H30Cl4N2O3Ti. The fraction of sp³-hybridized carbons (Fsp3) is 0.238. The van der Waals surface area contributed by atoms with E-state index in [0.717, 1.165) is 25.4 Å². The molecule has 0 aromatic heterocycles. The van der Waals surface area contributed by atoms with Crippen molar-refractivity contribution in [1.82, 2.24) is 0 Å². The molecule has 0 radical (unpaired) electrons. The van der Waals surface area contributed by atoms with Gasteiger partial charge in [0.1, 0.15) is 0 Å². The number of carbonyl (C=O) groups excluding carboxylic acids is 2. The summed E-state index contributed by atoms with van der Waals surface area (Å²) in [6, 6.07) is 20.3. The summed E-state index contributed by atoms with van der Waals surface area (Å²) in [5, 5.41) is 10.8. The number of rotatable bonds is 1. The summed E-state index contributed by atoms with van der Waals surface area (Å²) < 4.78 is 4.94. The Bertz CT molecular complexity index is 616. The fourth-order valence-corrected chi connectivity index (χ4v) is 1.63. The van der Waals surface area contributed by atoms with Gasteiger partial charge in [-0.1, -0.05) is 78.9 Å². The van der Waals surface area contributed by atoms with Gasteiger partial charge in [0.05, 0.1) is 0 Å². The topological polar surface area (TPSA) is 91.1 Å². The molecule has 31 heavy (non-hydrogen) atoms. The number of ether oxygens (including phenoxy) is 1. The number of nitrogens with one attached hydrogen (secondary N) is 2. The van der Waals surface area contributed by atoms with Crippen LogP contribution in [0.5, 0.6) is 0 Å². The maximum absolute atomic E-state index is 8.35. The first-order valence-electron chi connectivity index (χ1n) is 8.00. The second kappa shape index (κ2) is 42.8. The maximum atomic E-state index is 8.35. The van der Waals surface area contributed by atoms with Crippen molar-refractivity contribution < 1.29 is 36.0 Å². The van der Waals surface area contributed by atoms with Crippen LogP contribution in [0.2, 0.25) is 0 Å². The number of benzene rings is 2. The zero-order valence-electron chi connectivity index (χ0n) is 17.2. The number of halogens is 4. The minimum Gasteiger partial charge on any atom is -0.381 e. The van der Waals surface area contributed by atoms with E-state index < -0.39 is 0 Å². The average molecular weight is 548 g/mol. The van der Waals surface area contributed by atoms with E-state index in [-0.39, 0.29) is 71.3 Å². The molecule has 10 heteroatoms. The quantitative estimate of drug-likeness (QED) is 0.239. The van der Waals surface area contributed by atoms with E-state index >= 15 is 0 Å². The second-order valence-corrected chi connectivity index (χ2v) is 4.79. The largest absolute Gasteiger partial charge is 0.381 e. The van der Waals surface area contributed by atoms with Gasteiger partial charge in [-0.05, 0) is 25.3 Å². The van der Waals surface area contributed by atoms with Crippen LogP contribution in [-0.4, -0.2) is 25.4 Å². The number of aryl methyl sites for hydroxylation is 1.